The van der Waals surface area contributed by atoms with Crippen LogP contribution in [0.2, 0.25) is 0 Å². The first-order valence-corrected chi connectivity index (χ1v) is 9.82. The van der Waals surface area contributed by atoms with E-state index in [9.17, 15) is 9.59 Å². The summed E-state index contributed by atoms with van der Waals surface area (Å²) in [7, 11) is 2.37. The Bertz CT molecular complexity index is 886. The van der Waals surface area contributed by atoms with E-state index >= 15 is 0 Å². The molecule has 1 aliphatic rings. The number of hydrogen-bond acceptors (Lipinski definition) is 10. The number of carbonyl (C=O) groups is 2. The molecule has 1 fully saturated rings. The maximum Gasteiger partial charge on any atom is 0.513 e. The third kappa shape index (κ3) is 6.37. The first-order chi connectivity index (χ1) is 15.1. The number of esters is 1. The summed E-state index contributed by atoms with van der Waals surface area (Å²) in [5.41, 5.74) is 0.731. The molecule has 10 nitrogen and oxygen atoms in total. The highest BCUT2D eigenvalue weighted by molar-refractivity contribution is 5.91. The van der Waals surface area contributed by atoms with E-state index in [2.05, 4.69) is 19.6 Å². The lowest BCUT2D eigenvalue weighted by molar-refractivity contribution is 0.0316. The van der Waals surface area contributed by atoms with Crippen molar-refractivity contribution in [3.63, 3.8) is 0 Å². The Kier molecular flexibility index (Phi) is 8.13. The zero-order valence-corrected chi connectivity index (χ0v) is 17.5. The van der Waals surface area contributed by atoms with E-state index in [-0.39, 0.29) is 23.9 Å². The maximum absolute atomic E-state index is 12.4. The van der Waals surface area contributed by atoms with Gasteiger partial charge < -0.3 is 23.7 Å². The fourth-order valence-electron chi connectivity index (χ4n) is 2.98. The molecule has 0 unspecified atom stereocenters. The number of hydrogen-bond donors (Lipinski definition) is 0. The molecule has 10 heteroatoms. The third-order valence-corrected chi connectivity index (χ3v) is 4.57. The number of nitrogens with zero attached hydrogens (tertiary/aromatic N) is 3. The summed E-state index contributed by atoms with van der Waals surface area (Å²) in [6, 6.07) is 9.52. The van der Waals surface area contributed by atoms with Crippen LogP contribution in [0.4, 0.5) is 4.79 Å². The van der Waals surface area contributed by atoms with Gasteiger partial charge in [-0.25, -0.2) is 14.6 Å². The zero-order valence-electron chi connectivity index (χ0n) is 17.5. The van der Waals surface area contributed by atoms with Crippen LogP contribution >= 0.6 is 0 Å². The lowest BCUT2D eigenvalue weighted by Crippen LogP contribution is -2.38. The van der Waals surface area contributed by atoms with Crippen LogP contribution in [0.25, 0.3) is 0 Å². The van der Waals surface area contributed by atoms with Gasteiger partial charge in [-0.3, -0.25) is 4.90 Å². The van der Waals surface area contributed by atoms with Gasteiger partial charge in [0.05, 0.1) is 27.4 Å². The van der Waals surface area contributed by atoms with E-state index < -0.39 is 12.1 Å². The molecule has 1 saturated heterocycles. The van der Waals surface area contributed by atoms with Crippen LogP contribution in [-0.2, 0) is 20.6 Å². The molecular formula is C21H25N3O7. The number of methoxy groups -OCH3 is 2. The van der Waals surface area contributed by atoms with Crippen LogP contribution in [-0.4, -0.2) is 80.7 Å². The zero-order chi connectivity index (χ0) is 22.1. The van der Waals surface area contributed by atoms with Crippen molar-refractivity contribution in [1.82, 2.24) is 14.9 Å². The van der Waals surface area contributed by atoms with Crippen LogP contribution in [0, 0.1) is 0 Å². The van der Waals surface area contributed by atoms with E-state index in [4.69, 9.17) is 18.9 Å². The molecule has 0 N–H and O–H groups in total. The normalized spacial score (nSPS) is 14.0. The fourth-order valence-corrected chi connectivity index (χ4v) is 2.98. The highest BCUT2D eigenvalue weighted by Crippen LogP contribution is 2.30. The highest BCUT2D eigenvalue weighted by Gasteiger charge is 2.26. The summed E-state index contributed by atoms with van der Waals surface area (Å²) in [6.07, 6.45) is -0.675. The van der Waals surface area contributed by atoms with Gasteiger partial charge in [-0.1, -0.05) is 30.3 Å². The van der Waals surface area contributed by atoms with E-state index in [1.807, 2.05) is 30.3 Å². The second-order valence-electron chi connectivity index (χ2n) is 6.64. The second-order valence-corrected chi connectivity index (χ2v) is 6.64. The van der Waals surface area contributed by atoms with Crippen LogP contribution in [0.3, 0.4) is 0 Å². The van der Waals surface area contributed by atoms with Gasteiger partial charge in [-0.15, -0.1) is 0 Å². The van der Waals surface area contributed by atoms with Crippen molar-refractivity contribution in [3.8, 4) is 11.6 Å². The molecule has 0 saturated carbocycles. The molecule has 2 heterocycles. The Balaban J connectivity index is 1.88. The SMILES string of the molecule is COC(=O)Oc1c(OCCN2CCOCC2)nc(Cc2ccccc2)nc1C(=O)OC. The molecule has 166 valence electrons. The minimum Gasteiger partial charge on any atom is -0.474 e. The predicted molar refractivity (Wildman–Crippen MR) is 108 cm³/mol. The van der Waals surface area contributed by atoms with Crippen LogP contribution in [0.5, 0.6) is 11.6 Å². The molecule has 0 aliphatic carbocycles. The van der Waals surface area contributed by atoms with Crippen LogP contribution in [0.1, 0.15) is 21.9 Å². The molecule has 3 rings (SSSR count). The Morgan fingerprint density at radius 1 is 1.06 bits per heavy atom. The van der Waals surface area contributed by atoms with E-state index in [1.165, 1.54) is 7.11 Å². The Labute approximate surface area is 180 Å². The van der Waals surface area contributed by atoms with Crippen molar-refractivity contribution in [1.29, 1.82) is 0 Å². The topological polar surface area (TPSA) is 109 Å². The lowest BCUT2D eigenvalue weighted by atomic mass is 10.1. The van der Waals surface area contributed by atoms with Gasteiger partial charge >= 0.3 is 12.1 Å². The van der Waals surface area contributed by atoms with Gasteiger partial charge in [0.2, 0.25) is 5.75 Å². The Morgan fingerprint density at radius 3 is 2.48 bits per heavy atom. The number of aromatic nitrogens is 2. The first kappa shape index (κ1) is 22.4. The van der Waals surface area contributed by atoms with Crippen molar-refractivity contribution in [2.24, 2.45) is 0 Å². The molecule has 1 aliphatic heterocycles. The lowest BCUT2D eigenvalue weighted by Gasteiger charge is -2.26. The quantitative estimate of drug-likeness (QED) is 0.573. The standard InChI is InChI=1S/C21H25N3O7/c1-27-20(25)17-18(31-21(26)28-2)19(30-13-10-24-8-11-29-12-9-24)23-16(22-17)14-15-6-4-3-5-7-15/h3-7H,8-14H2,1-2H3. The van der Waals surface area contributed by atoms with Crippen molar-refractivity contribution in [2.45, 2.75) is 6.42 Å². The molecule has 31 heavy (non-hydrogen) atoms. The van der Waals surface area contributed by atoms with Crippen molar-refractivity contribution in [2.75, 3.05) is 53.7 Å². The number of carbonyl (C=O) groups excluding carboxylic acids is 2. The Morgan fingerprint density at radius 2 is 1.81 bits per heavy atom. The molecule has 0 radical (unpaired) electrons. The second kappa shape index (κ2) is 11.2. The summed E-state index contributed by atoms with van der Waals surface area (Å²) in [4.78, 5) is 35.0. The van der Waals surface area contributed by atoms with Crippen molar-refractivity contribution >= 4 is 12.1 Å². The Hall–Kier alpha value is -3.24. The number of ether oxygens (including phenoxy) is 5. The molecule has 1 aromatic carbocycles. The van der Waals surface area contributed by atoms with Gasteiger partial charge in [-0.2, -0.15) is 4.98 Å². The van der Waals surface area contributed by atoms with E-state index in [1.54, 1.807) is 0 Å². The van der Waals surface area contributed by atoms with Gasteiger partial charge in [0, 0.05) is 26.1 Å². The summed E-state index contributed by atoms with van der Waals surface area (Å²) in [6.45, 7) is 3.80. The monoisotopic (exact) mass is 431 g/mol. The van der Waals surface area contributed by atoms with Gasteiger partial charge in [-0.05, 0) is 5.56 Å². The molecule has 2 aromatic rings. The minimum absolute atomic E-state index is 0.0278. The fraction of sp³-hybridized carbons (Fsp3) is 0.429. The summed E-state index contributed by atoms with van der Waals surface area (Å²) in [5, 5.41) is 0. The smallest absolute Gasteiger partial charge is 0.474 e. The number of benzene rings is 1. The van der Waals surface area contributed by atoms with Gasteiger partial charge in [0.25, 0.3) is 5.88 Å². The maximum atomic E-state index is 12.4. The predicted octanol–water partition coefficient (Wildman–Crippen LogP) is 1.71. The number of rotatable bonds is 8. The van der Waals surface area contributed by atoms with Crippen molar-refractivity contribution in [3.05, 3.63) is 47.4 Å². The molecule has 0 amide bonds. The van der Waals surface area contributed by atoms with Crippen LogP contribution < -0.4 is 9.47 Å². The van der Waals surface area contributed by atoms with E-state index in [0.717, 1.165) is 25.8 Å². The number of morpholine rings is 1. The van der Waals surface area contributed by atoms with Crippen molar-refractivity contribution < 1.29 is 33.3 Å². The highest BCUT2D eigenvalue weighted by atomic mass is 16.7. The molecule has 1 aromatic heterocycles. The van der Waals surface area contributed by atoms with Gasteiger partial charge in [0.15, 0.2) is 5.69 Å². The summed E-state index contributed by atoms with van der Waals surface area (Å²) >= 11 is 0. The van der Waals surface area contributed by atoms with Gasteiger partial charge in [0.1, 0.15) is 12.4 Å². The molecule has 0 atom stereocenters. The molecule has 0 bridgehead atoms. The van der Waals surface area contributed by atoms with E-state index in [0.29, 0.717) is 32.0 Å². The van der Waals surface area contributed by atoms with Crippen LogP contribution in [0.15, 0.2) is 30.3 Å². The average Bonchev–Trinajstić information content (AvgIpc) is 2.81. The third-order valence-electron chi connectivity index (χ3n) is 4.57. The average molecular weight is 431 g/mol. The minimum atomic E-state index is -1.03. The molecule has 0 spiro atoms. The summed E-state index contributed by atoms with van der Waals surface area (Å²) in [5.74, 6) is -0.726. The largest absolute Gasteiger partial charge is 0.513 e. The molecular weight excluding hydrogens is 406 g/mol. The summed E-state index contributed by atoms with van der Waals surface area (Å²) < 4.78 is 25.7. The first-order valence-electron chi connectivity index (χ1n) is 9.82.